The van der Waals surface area contributed by atoms with Crippen molar-refractivity contribution in [2.45, 2.75) is 25.8 Å². The van der Waals surface area contributed by atoms with Gasteiger partial charge in [-0.3, -0.25) is 4.79 Å². The smallest absolute Gasteiger partial charge is 0.251 e. The summed E-state index contributed by atoms with van der Waals surface area (Å²) in [7, 11) is 4.76. The lowest BCUT2D eigenvalue weighted by Gasteiger charge is -2.14. The van der Waals surface area contributed by atoms with Gasteiger partial charge in [-0.05, 0) is 60.9 Å². The van der Waals surface area contributed by atoms with Gasteiger partial charge in [0.1, 0.15) is 12.4 Å². The molecule has 0 atom stereocenters. The van der Waals surface area contributed by atoms with Gasteiger partial charge < -0.3 is 28.8 Å². The molecule has 0 spiro atoms. The standard InChI is InChI=1S/C31H35N3O5/c1-5-9-22-13-15-27(28(20-22)37-3)39-19-18-34-25-11-7-6-10-24(25)33-30(34)12-8-17-32-31(35)23-14-16-26(36-2)29(21-23)38-4/h5-7,10-11,13-16,20-21H,1,8-9,12,17-19H2,2-4H3,(H,32,35). The Labute approximate surface area is 229 Å². The summed E-state index contributed by atoms with van der Waals surface area (Å²) in [5.41, 5.74) is 3.63. The van der Waals surface area contributed by atoms with Gasteiger partial charge in [0.25, 0.3) is 5.91 Å². The molecular formula is C31H35N3O5. The number of nitrogens with one attached hydrogen (secondary N) is 1. The molecule has 204 valence electrons. The Kier molecular flexibility index (Phi) is 9.45. The highest BCUT2D eigenvalue weighted by atomic mass is 16.5. The first-order valence-corrected chi connectivity index (χ1v) is 12.9. The van der Waals surface area contributed by atoms with E-state index < -0.39 is 0 Å². The number of ether oxygens (including phenoxy) is 4. The van der Waals surface area contributed by atoms with Crippen molar-refractivity contribution in [3.63, 3.8) is 0 Å². The number of benzene rings is 3. The topological polar surface area (TPSA) is 83.8 Å². The minimum absolute atomic E-state index is 0.161. The summed E-state index contributed by atoms with van der Waals surface area (Å²) in [6.45, 7) is 5.40. The third-order valence-electron chi connectivity index (χ3n) is 6.42. The van der Waals surface area contributed by atoms with Crippen molar-refractivity contribution in [2.24, 2.45) is 0 Å². The Bertz CT molecular complexity index is 1430. The summed E-state index contributed by atoms with van der Waals surface area (Å²) in [5.74, 6) is 3.30. The SMILES string of the molecule is C=CCc1ccc(OCCn2c(CCCNC(=O)c3ccc(OC)c(OC)c3)nc3ccccc32)c(OC)c1. The molecule has 0 fully saturated rings. The number of nitrogens with zero attached hydrogens (tertiary/aromatic N) is 2. The maximum Gasteiger partial charge on any atom is 0.251 e. The van der Waals surface area contributed by atoms with E-state index in [9.17, 15) is 4.79 Å². The van der Waals surface area contributed by atoms with Crippen LogP contribution in [0.2, 0.25) is 0 Å². The first-order chi connectivity index (χ1) is 19.1. The van der Waals surface area contributed by atoms with Gasteiger partial charge in [0, 0.05) is 18.5 Å². The normalized spacial score (nSPS) is 10.7. The first-order valence-electron chi connectivity index (χ1n) is 12.9. The lowest BCUT2D eigenvalue weighted by molar-refractivity contribution is 0.0952. The molecule has 0 bridgehead atoms. The fraction of sp³-hybridized carbons (Fsp3) is 0.290. The summed E-state index contributed by atoms with van der Waals surface area (Å²) in [5, 5.41) is 2.98. The van der Waals surface area contributed by atoms with Gasteiger partial charge in [0.15, 0.2) is 23.0 Å². The molecule has 8 heteroatoms. The Balaban J connectivity index is 1.37. The van der Waals surface area contributed by atoms with E-state index in [1.165, 1.54) is 0 Å². The Morgan fingerprint density at radius 2 is 1.69 bits per heavy atom. The highest BCUT2D eigenvalue weighted by Crippen LogP contribution is 2.29. The van der Waals surface area contributed by atoms with E-state index in [0.717, 1.165) is 35.3 Å². The fourth-order valence-corrected chi connectivity index (χ4v) is 4.47. The molecule has 1 amide bonds. The molecule has 4 rings (SSSR count). The Morgan fingerprint density at radius 1 is 0.949 bits per heavy atom. The van der Waals surface area contributed by atoms with E-state index in [2.05, 4.69) is 22.5 Å². The molecule has 1 heterocycles. The minimum atomic E-state index is -0.161. The molecule has 0 aliphatic carbocycles. The largest absolute Gasteiger partial charge is 0.493 e. The van der Waals surface area contributed by atoms with Crippen molar-refractivity contribution in [1.29, 1.82) is 0 Å². The third kappa shape index (κ3) is 6.71. The molecule has 0 aliphatic heterocycles. The number of carbonyl (C=O) groups is 1. The number of rotatable bonds is 14. The van der Waals surface area contributed by atoms with Crippen LogP contribution in [0.1, 0.15) is 28.2 Å². The average Bonchev–Trinajstić information content (AvgIpc) is 3.32. The van der Waals surface area contributed by atoms with Crippen LogP contribution < -0.4 is 24.3 Å². The molecule has 3 aromatic carbocycles. The number of hydrogen-bond acceptors (Lipinski definition) is 6. The molecule has 1 aromatic heterocycles. The molecule has 1 N–H and O–H groups in total. The van der Waals surface area contributed by atoms with Crippen LogP contribution >= 0.6 is 0 Å². The molecule has 4 aromatic rings. The van der Waals surface area contributed by atoms with Gasteiger partial charge >= 0.3 is 0 Å². The first kappa shape index (κ1) is 27.6. The van der Waals surface area contributed by atoms with Crippen LogP contribution in [0.3, 0.4) is 0 Å². The van der Waals surface area contributed by atoms with Gasteiger partial charge in [0.2, 0.25) is 0 Å². The molecule has 39 heavy (non-hydrogen) atoms. The van der Waals surface area contributed by atoms with Crippen molar-refractivity contribution < 1.29 is 23.7 Å². The van der Waals surface area contributed by atoms with Crippen molar-refractivity contribution in [3.05, 3.63) is 90.3 Å². The molecule has 0 radical (unpaired) electrons. The van der Waals surface area contributed by atoms with Crippen LogP contribution in [-0.4, -0.2) is 49.9 Å². The quantitative estimate of drug-likeness (QED) is 0.178. The average molecular weight is 530 g/mol. The van der Waals surface area contributed by atoms with Crippen molar-refractivity contribution in [2.75, 3.05) is 34.5 Å². The van der Waals surface area contributed by atoms with Gasteiger partial charge in [-0.15, -0.1) is 6.58 Å². The second kappa shape index (κ2) is 13.4. The number of aromatic nitrogens is 2. The monoisotopic (exact) mass is 529 g/mol. The molecule has 8 nitrogen and oxygen atoms in total. The number of fused-ring (bicyclic) bond motifs is 1. The Hall–Kier alpha value is -4.46. The molecule has 0 saturated heterocycles. The van der Waals surface area contributed by atoms with E-state index in [-0.39, 0.29) is 5.91 Å². The summed E-state index contributed by atoms with van der Waals surface area (Å²) >= 11 is 0. The van der Waals surface area contributed by atoms with E-state index in [1.807, 2.05) is 42.5 Å². The second-order valence-electron chi connectivity index (χ2n) is 8.92. The summed E-state index contributed by atoms with van der Waals surface area (Å²) in [6, 6.07) is 19.1. The van der Waals surface area contributed by atoms with E-state index >= 15 is 0 Å². The maximum atomic E-state index is 12.7. The number of hydrogen-bond donors (Lipinski definition) is 1. The molecule has 0 saturated carbocycles. The number of amides is 1. The number of allylic oxidation sites excluding steroid dienone is 1. The zero-order chi connectivity index (χ0) is 27.6. The van der Waals surface area contributed by atoms with Crippen molar-refractivity contribution in [3.8, 4) is 23.0 Å². The van der Waals surface area contributed by atoms with Gasteiger partial charge in [0.05, 0.1) is 38.9 Å². The van der Waals surface area contributed by atoms with E-state index in [1.54, 1.807) is 39.5 Å². The van der Waals surface area contributed by atoms with Crippen LogP contribution in [0.5, 0.6) is 23.0 Å². The van der Waals surface area contributed by atoms with Crippen LogP contribution in [0.25, 0.3) is 11.0 Å². The molecule has 0 aliphatic rings. The predicted molar refractivity (Wildman–Crippen MR) is 152 cm³/mol. The van der Waals surface area contributed by atoms with Gasteiger partial charge in [-0.2, -0.15) is 0 Å². The van der Waals surface area contributed by atoms with E-state index in [0.29, 0.717) is 54.7 Å². The maximum absolute atomic E-state index is 12.7. The number of aryl methyl sites for hydroxylation is 1. The molecule has 0 unspecified atom stereocenters. The zero-order valence-electron chi connectivity index (χ0n) is 22.7. The predicted octanol–water partition coefficient (Wildman–Crippen LogP) is 5.23. The summed E-state index contributed by atoms with van der Waals surface area (Å²) in [6.07, 6.45) is 4.08. The molecular weight excluding hydrogens is 494 g/mol. The number of carbonyl (C=O) groups excluding carboxylic acids is 1. The fourth-order valence-electron chi connectivity index (χ4n) is 4.47. The van der Waals surface area contributed by atoms with Crippen molar-refractivity contribution in [1.82, 2.24) is 14.9 Å². The van der Waals surface area contributed by atoms with E-state index in [4.69, 9.17) is 23.9 Å². The van der Waals surface area contributed by atoms with Crippen LogP contribution in [0.4, 0.5) is 0 Å². The number of imidazole rings is 1. The third-order valence-corrected chi connectivity index (χ3v) is 6.42. The highest BCUT2D eigenvalue weighted by molar-refractivity contribution is 5.94. The van der Waals surface area contributed by atoms with Gasteiger partial charge in [-0.1, -0.05) is 24.3 Å². The summed E-state index contributed by atoms with van der Waals surface area (Å²) < 4.78 is 24.4. The zero-order valence-corrected chi connectivity index (χ0v) is 22.7. The number of methoxy groups -OCH3 is 3. The van der Waals surface area contributed by atoms with Crippen LogP contribution in [0.15, 0.2) is 73.3 Å². The lowest BCUT2D eigenvalue weighted by Crippen LogP contribution is -2.25. The highest BCUT2D eigenvalue weighted by Gasteiger charge is 2.13. The van der Waals surface area contributed by atoms with Crippen LogP contribution in [-0.2, 0) is 19.4 Å². The van der Waals surface area contributed by atoms with Crippen molar-refractivity contribution >= 4 is 16.9 Å². The summed E-state index contributed by atoms with van der Waals surface area (Å²) in [4.78, 5) is 17.5. The Morgan fingerprint density at radius 3 is 2.46 bits per heavy atom. The van der Waals surface area contributed by atoms with Crippen LogP contribution in [0, 0.1) is 0 Å². The minimum Gasteiger partial charge on any atom is -0.493 e. The second-order valence-corrected chi connectivity index (χ2v) is 8.92. The number of para-hydroxylation sites is 2. The lowest BCUT2D eigenvalue weighted by atomic mass is 10.1. The van der Waals surface area contributed by atoms with Gasteiger partial charge in [-0.25, -0.2) is 4.98 Å².